The fraction of sp³-hybridized carbons (Fsp3) is 0.304. The van der Waals surface area contributed by atoms with Crippen LogP contribution in [0.15, 0.2) is 48.5 Å². The van der Waals surface area contributed by atoms with Gasteiger partial charge in [0, 0.05) is 11.1 Å². The van der Waals surface area contributed by atoms with Gasteiger partial charge < -0.3 is 4.74 Å². The summed E-state index contributed by atoms with van der Waals surface area (Å²) in [6.07, 6.45) is 1.07. The molecule has 0 spiro atoms. The number of ketones is 2. The summed E-state index contributed by atoms with van der Waals surface area (Å²) in [4.78, 5) is 25.0. The van der Waals surface area contributed by atoms with E-state index < -0.39 is 16.3 Å². The number of ether oxygens (including phenoxy) is 1. The first-order valence-corrected chi connectivity index (χ1v) is 11.0. The van der Waals surface area contributed by atoms with Crippen molar-refractivity contribution in [2.75, 3.05) is 0 Å². The third kappa shape index (κ3) is 4.03. The van der Waals surface area contributed by atoms with Gasteiger partial charge in [-0.25, -0.2) is 8.42 Å². The van der Waals surface area contributed by atoms with E-state index in [-0.39, 0.29) is 17.3 Å². The fourth-order valence-corrected chi connectivity index (χ4v) is 4.10. The molecule has 0 unspecified atom stereocenters. The van der Waals surface area contributed by atoms with Crippen molar-refractivity contribution in [2.24, 2.45) is 0 Å². The maximum absolute atomic E-state index is 13.4. The molecule has 0 radical (unpaired) electrons. The topological polar surface area (TPSA) is 77.5 Å². The van der Waals surface area contributed by atoms with Crippen molar-refractivity contribution < 1.29 is 22.7 Å². The molecule has 29 heavy (non-hydrogen) atoms. The molecule has 1 aliphatic heterocycles. The standard InChI is InChI=1S/C23H24O5S/c1-4-23(5-2)22(25)20(18-12-10-17(11-13-18)15(3)24)21(28-23)19-8-6-16(7-9-19)14-29(26)27/h6-13,29H,4-5,14H2,1-3H3. The van der Waals surface area contributed by atoms with Crippen molar-refractivity contribution >= 4 is 33.6 Å². The highest BCUT2D eigenvalue weighted by molar-refractivity contribution is 7.71. The Morgan fingerprint density at radius 1 is 0.931 bits per heavy atom. The van der Waals surface area contributed by atoms with Gasteiger partial charge in [-0.2, -0.15) is 0 Å². The Kier molecular flexibility index (Phi) is 6.03. The normalized spacial score (nSPS) is 15.7. The first-order valence-electron chi connectivity index (χ1n) is 9.62. The Morgan fingerprint density at radius 3 is 1.97 bits per heavy atom. The van der Waals surface area contributed by atoms with E-state index in [1.807, 2.05) is 13.8 Å². The van der Waals surface area contributed by atoms with Gasteiger partial charge in [0.1, 0.15) is 16.5 Å². The summed E-state index contributed by atoms with van der Waals surface area (Å²) in [6, 6.07) is 14.0. The Labute approximate surface area is 172 Å². The largest absolute Gasteiger partial charge is 0.478 e. The third-order valence-corrected chi connectivity index (χ3v) is 6.04. The lowest BCUT2D eigenvalue weighted by molar-refractivity contribution is -0.128. The average Bonchev–Trinajstić information content (AvgIpc) is 3.01. The molecule has 0 amide bonds. The van der Waals surface area contributed by atoms with Gasteiger partial charge in [-0.3, -0.25) is 9.59 Å². The van der Waals surface area contributed by atoms with Crippen LogP contribution < -0.4 is 0 Å². The van der Waals surface area contributed by atoms with Crippen LogP contribution in [0.1, 0.15) is 60.7 Å². The van der Waals surface area contributed by atoms with Gasteiger partial charge >= 0.3 is 0 Å². The number of hydrogen-bond acceptors (Lipinski definition) is 5. The maximum Gasteiger partial charge on any atom is 0.210 e. The van der Waals surface area contributed by atoms with Gasteiger partial charge in [-0.05, 0) is 30.9 Å². The summed E-state index contributed by atoms with van der Waals surface area (Å²) in [5, 5.41) is 0. The molecule has 0 saturated carbocycles. The highest BCUT2D eigenvalue weighted by atomic mass is 32.2. The van der Waals surface area contributed by atoms with Crippen LogP contribution in [0.3, 0.4) is 0 Å². The molecule has 1 aliphatic rings. The average molecular weight is 413 g/mol. The summed E-state index contributed by atoms with van der Waals surface area (Å²) >= 11 is 0. The zero-order valence-electron chi connectivity index (χ0n) is 16.7. The quantitative estimate of drug-likeness (QED) is 0.549. The van der Waals surface area contributed by atoms with E-state index in [2.05, 4.69) is 0 Å². The molecule has 6 heteroatoms. The van der Waals surface area contributed by atoms with Crippen molar-refractivity contribution in [3.63, 3.8) is 0 Å². The molecule has 5 nitrogen and oxygen atoms in total. The van der Waals surface area contributed by atoms with Gasteiger partial charge in [-0.1, -0.05) is 62.4 Å². The highest BCUT2D eigenvalue weighted by Gasteiger charge is 2.47. The van der Waals surface area contributed by atoms with Crippen LogP contribution in [0, 0.1) is 0 Å². The summed E-state index contributed by atoms with van der Waals surface area (Å²) in [6.45, 7) is 5.35. The Balaban J connectivity index is 2.11. The lowest BCUT2D eigenvalue weighted by Gasteiger charge is -2.25. The van der Waals surface area contributed by atoms with Crippen LogP contribution in [0.5, 0.6) is 0 Å². The molecule has 152 valence electrons. The molecule has 1 heterocycles. The van der Waals surface area contributed by atoms with E-state index in [1.54, 1.807) is 48.5 Å². The molecule has 2 aromatic rings. The number of carbonyl (C=O) groups excluding carboxylic acids is 2. The number of hydrogen-bond donors (Lipinski definition) is 1. The molecule has 0 atom stereocenters. The fourth-order valence-electron chi connectivity index (χ4n) is 3.59. The second-order valence-electron chi connectivity index (χ2n) is 7.16. The summed E-state index contributed by atoms with van der Waals surface area (Å²) in [7, 11) is -2.50. The van der Waals surface area contributed by atoms with E-state index in [1.165, 1.54) is 6.92 Å². The monoisotopic (exact) mass is 412 g/mol. The predicted molar refractivity (Wildman–Crippen MR) is 113 cm³/mol. The lowest BCUT2D eigenvalue weighted by Crippen LogP contribution is -2.35. The first-order chi connectivity index (χ1) is 13.8. The van der Waals surface area contributed by atoms with E-state index >= 15 is 0 Å². The molecular weight excluding hydrogens is 388 g/mol. The van der Waals surface area contributed by atoms with E-state index in [0.717, 1.165) is 5.56 Å². The van der Waals surface area contributed by atoms with Crippen molar-refractivity contribution in [1.29, 1.82) is 0 Å². The highest BCUT2D eigenvalue weighted by Crippen LogP contribution is 2.44. The second-order valence-corrected chi connectivity index (χ2v) is 8.14. The lowest BCUT2D eigenvalue weighted by atomic mass is 9.86. The SMILES string of the molecule is CCC1(CC)OC(c2ccc(C[SH](=O)=O)cc2)=C(c2ccc(C(C)=O)cc2)C1=O. The zero-order chi connectivity index (χ0) is 21.2. The van der Waals surface area contributed by atoms with Crippen molar-refractivity contribution in [1.82, 2.24) is 0 Å². The minimum atomic E-state index is -2.50. The van der Waals surface area contributed by atoms with Gasteiger partial charge in [0.15, 0.2) is 11.4 Å². The molecule has 0 aromatic heterocycles. The first kappa shape index (κ1) is 21.0. The van der Waals surface area contributed by atoms with E-state index in [4.69, 9.17) is 4.74 Å². The Bertz CT molecular complexity index is 1030. The van der Waals surface area contributed by atoms with E-state index in [9.17, 15) is 18.0 Å². The van der Waals surface area contributed by atoms with Crippen LogP contribution in [-0.2, 0) is 26.0 Å². The summed E-state index contributed by atoms with van der Waals surface area (Å²) in [5.74, 6) is 0.359. The minimum Gasteiger partial charge on any atom is -0.478 e. The second kappa shape index (κ2) is 8.33. The molecular formula is C23H24O5S. The number of rotatable bonds is 7. The molecule has 0 saturated heterocycles. The number of benzene rings is 2. The Morgan fingerprint density at radius 2 is 1.48 bits per heavy atom. The summed E-state index contributed by atoms with van der Waals surface area (Å²) < 4.78 is 28.2. The predicted octanol–water partition coefficient (Wildman–Crippen LogP) is 4.03. The minimum absolute atomic E-state index is 0.0261. The van der Waals surface area contributed by atoms with Crippen LogP contribution in [0.25, 0.3) is 11.3 Å². The number of Topliss-reactive ketones (excluding diaryl/α,β-unsaturated/α-hetero) is 2. The van der Waals surface area contributed by atoms with Crippen molar-refractivity contribution in [2.45, 2.75) is 45.0 Å². The number of carbonyl (C=O) groups is 2. The zero-order valence-corrected chi connectivity index (χ0v) is 17.6. The molecule has 0 fully saturated rings. The van der Waals surface area contributed by atoms with Crippen LogP contribution in [0.4, 0.5) is 0 Å². The summed E-state index contributed by atoms with van der Waals surface area (Å²) in [5.41, 5.74) is 2.26. The molecule has 2 aromatic carbocycles. The smallest absolute Gasteiger partial charge is 0.210 e. The van der Waals surface area contributed by atoms with Crippen molar-refractivity contribution in [3.05, 3.63) is 70.8 Å². The molecule has 0 bridgehead atoms. The van der Waals surface area contributed by atoms with Crippen LogP contribution in [0.2, 0.25) is 0 Å². The van der Waals surface area contributed by atoms with Gasteiger partial charge in [-0.15, -0.1) is 0 Å². The third-order valence-electron chi connectivity index (χ3n) is 5.42. The molecule has 0 aliphatic carbocycles. The van der Waals surface area contributed by atoms with Crippen LogP contribution in [-0.4, -0.2) is 25.6 Å². The molecule has 0 N–H and O–H groups in total. The van der Waals surface area contributed by atoms with Gasteiger partial charge in [0.05, 0.1) is 11.3 Å². The van der Waals surface area contributed by atoms with Crippen molar-refractivity contribution in [3.8, 4) is 0 Å². The van der Waals surface area contributed by atoms with Crippen LogP contribution >= 0.6 is 0 Å². The van der Waals surface area contributed by atoms with Gasteiger partial charge in [0.2, 0.25) is 5.78 Å². The van der Waals surface area contributed by atoms with E-state index in [0.29, 0.717) is 40.9 Å². The van der Waals surface area contributed by atoms with Gasteiger partial charge in [0.25, 0.3) is 0 Å². The molecule has 3 rings (SSSR count). The Hall–Kier alpha value is -2.73. The number of thiol groups is 1. The maximum atomic E-state index is 13.4.